The van der Waals surface area contributed by atoms with Gasteiger partial charge >= 0.3 is 12.1 Å². The first-order chi connectivity index (χ1) is 8.24. The summed E-state index contributed by atoms with van der Waals surface area (Å²) in [7, 11) is 0. The van der Waals surface area contributed by atoms with Crippen molar-refractivity contribution in [1.29, 1.82) is 0 Å². The molecule has 0 spiro atoms. The van der Waals surface area contributed by atoms with Crippen LogP contribution in [-0.4, -0.2) is 40.3 Å². The van der Waals surface area contributed by atoms with Crippen LogP contribution in [0.25, 0.3) is 0 Å². The average molecular weight is 257 g/mol. The summed E-state index contributed by atoms with van der Waals surface area (Å²) in [5, 5.41) is 9.22. The van der Waals surface area contributed by atoms with Gasteiger partial charge in [-0.1, -0.05) is 13.3 Å². The van der Waals surface area contributed by atoms with Gasteiger partial charge in [-0.2, -0.15) is 0 Å². The van der Waals surface area contributed by atoms with Gasteiger partial charge < -0.3 is 9.84 Å². The third-order valence-corrected chi connectivity index (χ3v) is 3.20. The van der Waals surface area contributed by atoms with Crippen molar-refractivity contribution in [2.45, 2.75) is 58.6 Å². The topological polar surface area (TPSA) is 66.8 Å². The van der Waals surface area contributed by atoms with Crippen LogP contribution in [0.4, 0.5) is 4.79 Å². The molecule has 1 rings (SSSR count). The third-order valence-electron chi connectivity index (χ3n) is 3.20. The molecule has 1 aliphatic rings. The molecule has 0 saturated carbocycles. The molecule has 5 heteroatoms. The van der Waals surface area contributed by atoms with Gasteiger partial charge in [-0.25, -0.2) is 9.59 Å². The first-order valence-electron chi connectivity index (χ1n) is 6.47. The number of carboxylic acids is 1. The van der Waals surface area contributed by atoms with E-state index in [9.17, 15) is 14.7 Å². The highest BCUT2D eigenvalue weighted by Crippen LogP contribution is 2.27. The van der Waals surface area contributed by atoms with Crippen LogP contribution in [0.3, 0.4) is 0 Å². The molecule has 1 N–H and O–H groups in total. The zero-order valence-corrected chi connectivity index (χ0v) is 11.6. The number of aliphatic carboxylic acids is 1. The number of nitrogens with zero attached hydrogens (tertiary/aromatic N) is 1. The summed E-state index contributed by atoms with van der Waals surface area (Å²) < 4.78 is 5.25. The predicted molar refractivity (Wildman–Crippen MR) is 67.4 cm³/mol. The number of likely N-dealkylation sites (tertiary alicyclic amines) is 1. The van der Waals surface area contributed by atoms with Gasteiger partial charge in [0.1, 0.15) is 11.6 Å². The maximum atomic E-state index is 12.0. The van der Waals surface area contributed by atoms with Gasteiger partial charge in [0, 0.05) is 6.54 Å². The average Bonchev–Trinajstić information content (AvgIpc) is 2.25. The molecule has 0 aliphatic carbocycles. The van der Waals surface area contributed by atoms with Crippen molar-refractivity contribution in [1.82, 2.24) is 4.90 Å². The lowest BCUT2D eigenvalue weighted by Crippen LogP contribution is -2.51. The molecular weight excluding hydrogens is 234 g/mol. The van der Waals surface area contributed by atoms with Gasteiger partial charge in [0.2, 0.25) is 0 Å². The molecule has 1 heterocycles. The van der Waals surface area contributed by atoms with Gasteiger partial charge in [0.15, 0.2) is 0 Å². The second-order valence-corrected chi connectivity index (χ2v) is 5.83. The quantitative estimate of drug-likeness (QED) is 0.825. The molecular formula is C13H23NO4. The summed E-state index contributed by atoms with van der Waals surface area (Å²) in [5.74, 6) is -0.566. The number of carbonyl (C=O) groups excluding carboxylic acids is 1. The molecule has 0 aromatic heterocycles. The van der Waals surface area contributed by atoms with Crippen LogP contribution in [0.15, 0.2) is 0 Å². The lowest BCUT2D eigenvalue weighted by atomic mass is 9.89. The number of hydrogen-bond acceptors (Lipinski definition) is 3. The molecule has 0 aromatic rings. The van der Waals surface area contributed by atoms with Gasteiger partial charge in [-0.3, -0.25) is 4.90 Å². The molecule has 1 fully saturated rings. The third kappa shape index (κ3) is 3.89. The van der Waals surface area contributed by atoms with Crippen molar-refractivity contribution < 1.29 is 19.4 Å². The minimum atomic E-state index is -0.945. The maximum Gasteiger partial charge on any atom is 0.411 e. The van der Waals surface area contributed by atoms with Gasteiger partial charge in [-0.05, 0) is 39.5 Å². The molecule has 0 bridgehead atoms. The van der Waals surface area contributed by atoms with Gasteiger partial charge in [-0.15, -0.1) is 0 Å². The summed E-state index contributed by atoms with van der Waals surface area (Å²) in [6.45, 7) is 7.84. The highest BCUT2D eigenvalue weighted by molar-refractivity contribution is 5.80. The Kier molecular flexibility index (Phi) is 4.59. The zero-order chi connectivity index (χ0) is 13.9. The summed E-state index contributed by atoms with van der Waals surface area (Å²) in [6, 6.07) is -0.751. The van der Waals surface area contributed by atoms with Crippen LogP contribution in [-0.2, 0) is 9.53 Å². The van der Waals surface area contributed by atoms with Crippen molar-refractivity contribution in [2.75, 3.05) is 6.54 Å². The van der Waals surface area contributed by atoms with Crippen LogP contribution in [0, 0.1) is 5.92 Å². The fourth-order valence-corrected chi connectivity index (χ4v) is 2.18. The number of carboxylic acid groups (broad SMARTS) is 1. The fourth-order valence-electron chi connectivity index (χ4n) is 2.18. The van der Waals surface area contributed by atoms with Crippen LogP contribution in [0.1, 0.15) is 47.0 Å². The van der Waals surface area contributed by atoms with Crippen LogP contribution < -0.4 is 0 Å². The van der Waals surface area contributed by atoms with E-state index in [0.29, 0.717) is 18.9 Å². The second kappa shape index (κ2) is 5.59. The summed E-state index contributed by atoms with van der Waals surface area (Å²) in [6.07, 6.45) is 1.79. The number of hydrogen-bond donors (Lipinski definition) is 1. The Morgan fingerprint density at radius 2 is 2.00 bits per heavy atom. The standard InChI is InChI=1S/C13H23NO4/c1-5-9-6-7-14(10(8-9)11(15)16)12(17)18-13(2,3)4/h9-10H,5-8H2,1-4H3,(H,15,16)/t9-,10+/m0/s1. The molecule has 1 amide bonds. The van der Waals surface area contributed by atoms with Gasteiger partial charge in [0.05, 0.1) is 0 Å². The van der Waals surface area contributed by atoms with E-state index in [2.05, 4.69) is 0 Å². The molecule has 1 aliphatic heterocycles. The molecule has 0 unspecified atom stereocenters. The molecule has 18 heavy (non-hydrogen) atoms. The summed E-state index contributed by atoms with van der Waals surface area (Å²) in [5.41, 5.74) is -0.595. The van der Waals surface area contributed by atoms with E-state index in [4.69, 9.17) is 4.74 Å². The Balaban J connectivity index is 2.74. The molecule has 2 atom stereocenters. The Bertz CT molecular complexity index is 321. The predicted octanol–water partition coefficient (Wildman–Crippen LogP) is 2.50. The largest absolute Gasteiger partial charge is 0.480 e. The zero-order valence-electron chi connectivity index (χ0n) is 11.6. The molecule has 1 saturated heterocycles. The van der Waals surface area contributed by atoms with E-state index in [-0.39, 0.29) is 0 Å². The van der Waals surface area contributed by atoms with Crippen molar-refractivity contribution in [3.05, 3.63) is 0 Å². The van der Waals surface area contributed by atoms with Crippen LogP contribution >= 0.6 is 0 Å². The first kappa shape index (κ1) is 14.8. The normalized spacial score (nSPS) is 24.8. The lowest BCUT2D eigenvalue weighted by molar-refractivity contribution is -0.145. The molecule has 5 nitrogen and oxygen atoms in total. The Hall–Kier alpha value is -1.26. The number of amides is 1. The van der Waals surface area contributed by atoms with Crippen molar-refractivity contribution in [2.24, 2.45) is 5.92 Å². The molecule has 0 aromatic carbocycles. The Morgan fingerprint density at radius 3 is 2.44 bits per heavy atom. The number of rotatable bonds is 2. The highest BCUT2D eigenvalue weighted by Gasteiger charge is 2.37. The van der Waals surface area contributed by atoms with E-state index in [1.54, 1.807) is 20.8 Å². The van der Waals surface area contributed by atoms with E-state index in [1.165, 1.54) is 4.90 Å². The van der Waals surface area contributed by atoms with E-state index in [0.717, 1.165) is 12.8 Å². The maximum absolute atomic E-state index is 12.0. The summed E-state index contributed by atoms with van der Waals surface area (Å²) in [4.78, 5) is 24.6. The summed E-state index contributed by atoms with van der Waals surface area (Å²) >= 11 is 0. The minimum Gasteiger partial charge on any atom is -0.480 e. The van der Waals surface area contributed by atoms with Crippen molar-refractivity contribution >= 4 is 12.1 Å². The molecule has 0 radical (unpaired) electrons. The fraction of sp³-hybridized carbons (Fsp3) is 0.846. The SMILES string of the molecule is CC[C@H]1CCN(C(=O)OC(C)(C)C)[C@@H](C(=O)O)C1. The van der Waals surface area contributed by atoms with E-state index >= 15 is 0 Å². The minimum absolute atomic E-state index is 0.379. The number of piperidine rings is 1. The Morgan fingerprint density at radius 1 is 1.39 bits per heavy atom. The highest BCUT2D eigenvalue weighted by atomic mass is 16.6. The number of ether oxygens (including phenoxy) is 1. The monoisotopic (exact) mass is 257 g/mol. The van der Waals surface area contributed by atoms with E-state index < -0.39 is 23.7 Å². The Labute approximate surface area is 108 Å². The van der Waals surface area contributed by atoms with Crippen LogP contribution in [0.2, 0.25) is 0 Å². The number of carbonyl (C=O) groups is 2. The van der Waals surface area contributed by atoms with Crippen LogP contribution in [0.5, 0.6) is 0 Å². The first-order valence-corrected chi connectivity index (χ1v) is 6.47. The smallest absolute Gasteiger partial charge is 0.411 e. The van der Waals surface area contributed by atoms with Crippen molar-refractivity contribution in [3.63, 3.8) is 0 Å². The van der Waals surface area contributed by atoms with Crippen molar-refractivity contribution in [3.8, 4) is 0 Å². The van der Waals surface area contributed by atoms with E-state index in [1.807, 2.05) is 6.92 Å². The lowest BCUT2D eigenvalue weighted by Gasteiger charge is -2.37. The molecule has 104 valence electrons. The second-order valence-electron chi connectivity index (χ2n) is 5.83. The van der Waals surface area contributed by atoms with Gasteiger partial charge in [0.25, 0.3) is 0 Å².